The summed E-state index contributed by atoms with van der Waals surface area (Å²) in [5.41, 5.74) is 10.5. The van der Waals surface area contributed by atoms with Crippen molar-refractivity contribution in [2.24, 2.45) is 5.73 Å². The van der Waals surface area contributed by atoms with E-state index in [2.05, 4.69) is 44.4 Å². The molecular weight excluding hydrogens is 372 g/mol. The number of fused-ring (bicyclic) bond motifs is 1. The Kier molecular flexibility index (Phi) is 6.57. The van der Waals surface area contributed by atoms with Gasteiger partial charge >= 0.3 is 0 Å². The molecule has 4 N–H and O–H groups in total. The molecule has 2 aliphatic heterocycles. The molecule has 0 amide bonds. The van der Waals surface area contributed by atoms with Crippen LogP contribution < -0.4 is 11.1 Å². The van der Waals surface area contributed by atoms with Crippen LogP contribution >= 0.6 is 0 Å². The third kappa shape index (κ3) is 4.78. The average molecular weight is 403 g/mol. The van der Waals surface area contributed by atoms with Crippen LogP contribution in [-0.4, -0.2) is 53.2 Å². The summed E-state index contributed by atoms with van der Waals surface area (Å²) in [5, 5.41) is 10.8. The maximum absolute atomic E-state index is 7.51. The standard InChI is InChI=1S/C24H30N6/c25-14-21(15-26)24-8-9-27-16-20(24)7-10-28-22-5-3-19(4-6-22)17-29-12-13-30-11-1-2-23(30)18-29/h3-10,14-16,23,25,28H,1-2,11-13,17-18,26H2/b10-7+,21-15?,25-14?. The fourth-order valence-corrected chi connectivity index (χ4v) is 4.41. The van der Waals surface area contributed by atoms with Crippen molar-refractivity contribution < 1.29 is 0 Å². The van der Waals surface area contributed by atoms with Crippen molar-refractivity contribution in [2.45, 2.75) is 25.4 Å². The Balaban J connectivity index is 1.34. The van der Waals surface area contributed by atoms with Crippen LogP contribution in [0.2, 0.25) is 0 Å². The maximum Gasteiger partial charge on any atom is 0.0379 e. The summed E-state index contributed by atoms with van der Waals surface area (Å²) < 4.78 is 0. The third-order valence-corrected chi connectivity index (χ3v) is 6.04. The molecule has 6 nitrogen and oxygen atoms in total. The summed E-state index contributed by atoms with van der Waals surface area (Å²) >= 11 is 0. The van der Waals surface area contributed by atoms with E-state index in [4.69, 9.17) is 11.1 Å². The van der Waals surface area contributed by atoms with Crippen molar-refractivity contribution in [3.8, 4) is 0 Å². The predicted molar refractivity (Wildman–Crippen MR) is 124 cm³/mol. The maximum atomic E-state index is 7.51. The predicted octanol–water partition coefficient (Wildman–Crippen LogP) is 3.39. The van der Waals surface area contributed by atoms with Crippen molar-refractivity contribution in [3.05, 3.63) is 71.8 Å². The van der Waals surface area contributed by atoms with Crippen LogP contribution in [-0.2, 0) is 6.54 Å². The van der Waals surface area contributed by atoms with Crippen LogP contribution in [0.15, 0.2) is 55.1 Å². The molecule has 0 bridgehead atoms. The Morgan fingerprint density at radius 1 is 1.20 bits per heavy atom. The first-order chi connectivity index (χ1) is 14.8. The van der Waals surface area contributed by atoms with Gasteiger partial charge in [0.25, 0.3) is 0 Å². The summed E-state index contributed by atoms with van der Waals surface area (Å²) in [5.74, 6) is 0. The highest BCUT2D eigenvalue weighted by Gasteiger charge is 2.30. The molecule has 4 rings (SSSR count). The zero-order valence-electron chi connectivity index (χ0n) is 17.3. The fourth-order valence-electron chi connectivity index (χ4n) is 4.41. The van der Waals surface area contributed by atoms with Gasteiger partial charge in [-0.25, -0.2) is 0 Å². The Morgan fingerprint density at radius 2 is 2.07 bits per heavy atom. The molecule has 1 unspecified atom stereocenters. The van der Waals surface area contributed by atoms with E-state index in [0.717, 1.165) is 29.4 Å². The van der Waals surface area contributed by atoms with Gasteiger partial charge in [-0.1, -0.05) is 12.1 Å². The van der Waals surface area contributed by atoms with Gasteiger partial charge in [0.05, 0.1) is 0 Å². The first kappa shape index (κ1) is 20.3. The Labute approximate surface area is 178 Å². The number of anilines is 1. The number of rotatable bonds is 7. The van der Waals surface area contributed by atoms with Crippen molar-refractivity contribution in [2.75, 3.05) is 31.5 Å². The fraction of sp³-hybridized carbons (Fsp3) is 0.333. The number of hydrogen-bond acceptors (Lipinski definition) is 6. The summed E-state index contributed by atoms with van der Waals surface area (Å²) in [6.07, 6.45) is 12.7. The summed E-state index contributed by atoms with van der Waals surface area (Å²) in [4.78, 5) is 9.42. The Hall–Kier alpha value is -2.96. The lowest BCUT2D eigenvalue weighted by atomic mass is 10.0. The minimum absolute atomic E-state index is 0.667. The second-order valence-corrected chi connectivity index (χ2v) is 7.97. The molecule has 3 heterocycles. The molecule has 1 aromatic heterocycles. The molecule has 1 aromatic carbocycles. The van der Waals surface area contributed by atoms with Gasteiger partial charge < -0.3 is 16.5 Å². The molecule has 0 aliphatic carbocycles. The van der Waals surface area contributed by atoms with Gasteiger partial charge in [0.15, 0.2) is 0 Å². The highest BCUT2D eigenvalue weighted by Crippen LogP contribution is 2.23. The van der Waals surface area contributed by atoms with E-state index < -0.39 is 0 Å². The van der Waals surface area contributed by atoms with E-state index in [0.29, 0.717) is 5.57 Å². The number of benzene rings is 1. The van der Waals surface area contributed by atoms with Crippen molar-refractivity contribution >= 4 is 23.6 Å². The lowest BCUT2D eigenvalue weighted by Crippen LogP contribution is -2.49. The van der Waals surface area contributed by atoms with Crippen LogP contribution in [0.5, 0.6) is 0 Å². The van der Waals surface area contributed by atoms with E-state index in [1.165, 1.54) is 57.0 Å². The van der Waals surface area contributed by atoms with Gasteiger partial charge in [0.2, 0.25) is 0 Å². The van der Waals surface area contributed by atoms with E-state index in [-0.39, 0.29) is 0 Å². The number of allylic oxidation sites excluding steroid dienone is 1. The number of pyridine rings is 1. The monoisotopic (exact) mass is 402 g/mol. The van der Waals surface area contributed by atoms with Crippen LogP contribution in [0.3, 0.4) is 0 Å². The summed E-state index contributed by atoms with van der Waals surface area (Å²) in [7, 11) is 0. The second-order valence-electron chi connectivity index (χ2n) is 7.97. The topological polar surface area (TPSA) is 81.3 Å². The minimum Gasteiger partial charge on any atom is -0.404 e. The largest absolute Gasteiger partial charge is 0.404 e. The molecule has 0 spiro atoms. The molecule has 2 fully saturated rings. The number of piperazine rings is 1. The van der Waals surface area contributed by atoms with Crippen molar-refractivity contribution in [3.63, 3.8) is 0 Å². The van der Waals surface area contributed by atoms with E-state index in [1.807, 2.05) is 18.3 Å². The smallest absolute Gasteiger partial charge is 0.0379 e. The van der Waals surface area contributed by atoms with Crippen LogP contribution in [0.25, 0.3) is 11.6 Å². The average Bonchev–Trinajstić information content (AvgIpc) is 3.25. The number of nitrogens with zero attached hydrogens (tertiary/aromatic N) is 3. The molecule has 1 atom stereocenters. The summed E-state index contributed by atoms with van der Waals surface area (Å²) in [6.45, 7) is 5.90. The van der Waals surface area contributed by atoms with Gasteiger partial charge in [-0.3, -0.25) is 14.8 Å². The van der Waals surface area contributed by atoms with Gasteiger partial charge in [-0.2, -0.15) is 0 Å². The zero-order valence-corrected chi connectivity index (χ0v) is 17.3. The molecule has 30 heavy (non-hydrogen) atoms. The number of nitrogens with one attached hydrogen (secondary N) is 2. The highest BCUT2D eigenvalue weighted by molar-refractivity contribution is 6.09. The third-order valence-electron chi connectivity index (χ3n) is 6.04. The quantitative estimate of drug-likeness (QED) is 0.619. The van der Waals surface area contributed by atoms with Gasteiger partial charge in [-0.05, 0) is 54.8 Å². The molecule has 2 aromatic rings. The van der Waals surface area contributed by atoms with Gasteiger partial charge in [0, 0.05) is 80.1 Å². The molecule has 0 radical (unpaired) electrons. The number of nitrogens with two attached hydrogens (primary N) is 1. The van der Waals surface area contributed by atoms with Crippen molar-refractivity contribution in [1.29, 1.82) is 5.41 Å². The molecule has 6 heteroatoms. The lowest BCUT2D eigenvalue weighted by molar-refractivity contribution is 0.0994. The molecular formula is C24H30N6. The van der Waals surface area contributed by atoms with Crippen LogP contribution in [0.1, 0.15) is 29.5 Å². The van der Waals surface area contributed by atoms with E-state index >= 15 is 0 Å². The highest BCUT2D eigenvalue weighted by atomic mass is 15.3. The van der Waals surface area contributed by atoms with Crippen LogP contribution in [0, 0.1) is 5.41 Å². The molecule has 2 aliphatic rings. The summed E-state index contributed by atoms with van der Waals surface area (Å²) in [6, 6.07) is 11.3. The first-order valence-corrected chi connectivity index (χ1v) is 10.6. The molecule has 0 saturated carbocycles. The zero-order chi connectivity index (χ0) is 20.8. The Morgan fingerprint density at radius 3 is 2.87 bits per heavy atom. The normalized spacial score (nSPS) is 20.4. The van der Waals surface area contributed by atoms with Gasteiger partial charge in [-0.15, -0.1) is 0 Å². The SMILES string of the molecule is N=CC(=CN)c1ccncc1/C=C/Nc1ccc(CN2CCN3CCCC3C2)cc1. The molecule has 2 saturated heterocycles. The number of aromatic nitrogens is 1. The molecule has 156 valence electrons. The van der Waals surface area contributed by atoms with Gasteiger partial charge in [0.1, 0.15) is 0 Å². The van der Waals surface area contributed by atoms with Crippen molar-refractivity contribution in [1.82, 2.24) is 14.8 Å². The van der Waals surface area contributed by atoms with E-state index in [1.54, 1.807) is 12.4 Å². The first-order valence-electron chi connectivity index (χ1n) is 10.6. The van der Waals surface area contributed by atoms with E-state index in [9.17, 15) is 0 Å². The number of hydrogen-bond donors (Lipinski definition) is 3. The lowest BCUT2D eigenvalue weighted by Gasteiger charge is -2.37. The second kappa shape index (κ2) is 9.69. The minimum atomic E-state index is 0.667. The van der Waals surface area contributed by atoms with Crippen LogP contribution in [0.4, 0.5) is 5.69 Å². The Bertz CT molecular complexity index is 918.